The van der Waals surface area contributed by atoms with Gasteiger partial charge >= 0.3 is 5.97 Å². The quantitative estimate of drug-likeness (QED) is 0.647. The molecule has 2 aromatic rings. The maximum absolute atomic E-state index is 12.4. The standard InChI is InChI=1S/C18H15NO4S2/c1-10-3-5-12(6-4-10)14-8-7-13(23-14)9-15-16(20)19(18(24)25-15)11(2)17(21)22/h3-9,11H,1-2H3,(H,21,22)/b15-9+/t11-/m1/s1. The Balaban J connectivity index is 1.84. The van der Waals surface area contributed by atoms with Crippen LogP contribution >= 0.6 is 24.0 Å². The van der Waals surface area contributed by atoms with E-state index in [1.165, 1.54) is 6.92 Å². The van der Waals surface area contributed by atoms with Gasteiger partial charge in [-0.15, -0.1) is 0 Å². The Bertz CT molecular complexity index is 883. The third-order valence-corrected chi connectivity index (χ3v) is 5.13. The van der Waals surface area contributed by atoms with Crippen molar-refractivity contribution in [2.75, 3.05) is 0 Å². The molecule has 1 aliphatic heterocycles. The summed E-state index contributed by atoms with van der Waals surface area (Å²) in [7, 11) is 0. The number of aliphatic carboxylic acids is 1. The number of rotatable bonds is 4. The third kappa shape index (κ3) is 3.52. The Hall–Kier alpha value is -2.38. The van der Waals surface area contributed by atoms with Gasteiger partial charge < -0.3 is 9.52 Å². The molecule has 7 heteroatoms. The number of hydrogen-bond acceptors (Lipinski definition) is 5. The smallest absolute Gasteiger partial charge is 0.326 e. The number of carbonyl (C=O) groups excluding carboxylic acids is 1. The predicted molar refractivity (Wildman–Crippen MR) is 101 cm³/mol. The van der Waals surface area contributed by atoms with E-state index >= 15 is 0 Å². The lowest BCUT2D eigenvalue weighted by Gasteiger charge is -2.18. The first-order valence-electron chi connectivity index (χ1n) is 7.53. The maximum atomic E-state index is 12.4. The Morgan fingerprint density at radius 2 is 1.96 bits per heavy atom. The van der Waals surface area contributed by atoms with Gasteiger partial charge in [0.05, 0.1) is 4.91 Å². The van der Waals surface area contributed by atoms with Crippen LogP contribution in [-0.4, -0.2) is 32.2 Å². The molecule has 2 heterocycles. The molecule has 5 nitrogen and oxygen atoms in total. The highest BCUT2D eigenvalue weighted by atomic mass is 32.2. The van der Waals surface area contributed by atoms with Crippen LogP contribution in [0.15, 0.2) is 45.7 Å². The molecule has 1 aromatic heterocycles. The second-order valence-corrected chi connectivity index (χ2v) is 7.31. The van der Waals surface area contributed by atoms with Crippen molar-refractivity contribution in [2.24, 2.45) is 0 Å². The molecule has 128 valence electrons. The fourth-order valence-electron chi connectivity index (χ4n) is 2.36. The zero-order valence-electron chi connectivity index (χ0n) is 13.6. The number of thioether (sulfide) groups is 1. The average molecular weight is 373 g/mol. The van der Waals surface area contributed by atoms with Crippen LogP contribution in [0.3, 0.4) is 0 Å². The minimum Gasteiger partial charge on any atom is -0.480 e. The number of nitrogens with zero attached hydrogens (tertiary/aromatic N) is 1. The Labute approximate surface area is 154 Å². The lowest BCUT2D eigenvalue weighted by Crippen LogP contribution is -2.41. The third-order valence-electron chi connectivity index (χ3n) is 3.80. The molecule has 0 bridgehead atoms. The summed E-state index contributed by atoms with van der Waals surface area (Å²) in [5.74, 6) is -0.310. The minimum atomic E-state index is -1.10. The topological polar surface area (TPSA) is 70.8 Å². The van der Waals surface area contributed by atoms with Gasteiger partial charge in [-0.3, -0.25) is 9.69 Å². The average Bonchev–Trinajstić information content (AvgIpc) is 3.13. The van der Waals surface area contributed by atoms with E-state index in [0.717, 1.165) is 27.8 Å². The highest BCUT2D eigenvalue weighted by Crippen LogP contribution is 2.34. The highest BCUT2D eigenvalue weighted by molar-refractivity contribution is 8.26. The van der Waals surface area contributed by atoms with Crippen molar-refractivity contribution in [3.05, 3.63) is 52.6 Å². The predicted octanol–water partition coefficient (Wildman–Crippen LogP) is 3.93. The van der Waals surface area contributed by atoms with E-state index in [2.05, 4.69) is 0 Å². The number of furan rings is 1. The largest absolute Gasteiger partial charge is 0.480 e. The van der Waals surface area contributed by atoms with E-state index in [1.54, 1.807) is 12.1 Å². The molecule has 1 saturated heterocycles. The highest BCUT2D eigenvalue weighted by Gasteiger charge is 2.38. The summed E-state index contributed by atoms with van der Waals surface area (Å²) in [5.41, 5.74) is 2.10. The number of aryl methyl sites for hydroxylation is 1. The van der Waals surface area contributed by atoms with E-state index in [-0.39, 0.29) is 4.32 Å². The molecule has 1 fully saturated rings. The maximum Gasteiger partial charge on any atom is 0.326 e. The summed E-state index contributed by atoms with van der Waals surface area (Å²) < 4.78 is 6.01. The molecule has 1 amide bonds. The SMILES string of the molecule is Cc1ccc(-c2ccc(/C=C3/SC(=S)N([C@H](C)C(=O)O)C3=O)o2)cc1. The molecule has 0 radical (unpaired) electrons. The first-order chi connectivity index (χ1) is 11.9. The lowest BCUT2D eigenvalue weighted by molar-refractivity contribution is -0.144. The minimum absolute atomic E-state index is 0.233. The van der Waals surface area contributed by atoms with E-state index in [9.17, 15) is 9.59 Å². The second kappa shape index (κ2) is 6.85. The normalized spacial score (nSPS) is 17.4. The Morgan fingerprint density at radius 3 is 2.60 bits per heavy atom. The van der Waals surface area contributed by atoms with Crippen molar-refractivity contribution in [1.29, 1.82) is 0 Å². The Kier molecular flexibility index (Phi) is 4.78. The summed E-state index contributed by atoms with van der Waals surface area (Å²) in [4.78, 5) is 25.0. The van der Waals surface area contributed by atoms with E-state index < -0.39 is 17.9 Å². The number of amides is 1. The van der Waals surface area contributed by atoms with Gasteiger partial charge in [-0.1, -0.05) is 53.8 Å². The first-order valence-corrected chi connectivity index (χ1v) is 8.76. The molecule has 1 aliphatic rings. The number of thiocarbonyl (C=S) groups is 1. The van der Waals surface area contributed by atoms with Gasteiger partial charge in [0.2, 0.25) is 0 Å². The van der Waals surface area contributed by atoms with Gasteiger partial charge in [0.25, 0.3) is 5.91 Å². The van der Waals surface area contributed by atoms with Crippen LogP contribution in [0, 0.1) is 6.92 Å². The van der Waals surface area contributed by atoms with E-state index in [4.69, 9.17) is 21.7 Å². The molecule has 0 aliphatic carbocycles. The number of carboxylic acid groups (broad SMARTS) is 1. The van der Waals surface area contributed by atoms with Crippen LogP contribution in [0.4, 0.5) is 0 Å². The van der Waals surface area contributed by atoms with Gasteiger partial charge in [0.1, 0.15) is 21.9 Å². The van der Waals surface area contributed by atoms with Crippen molar-refractivity contribution in [3.63, 3.8) is 0 Å². The molecular formula is C18H15NO4S2. The molecule has 1 aromatic carbocycles. The molecule has 1 atom stereocenters. The monoisotopic (exact) mass is 373 g/mol. The van der Waals surface area contributed by atoms with Crippen LogP contribution in [-0.2, 0) is 9.59 Å². The van der Waals surface area contributed by atoms with Crippen molar-refractivity contribution in [2.45, 2.75) is 19.9 Å². The van der Waals surface area contributed by atoms with Gasteiger partial charge in [-0.05, 0) is 26.0 Å². The summed E-state index contributed by atoms with van der Waals surface area (Å²) >= 11 is 6.21. The fraction of sp³-hybridized carbons (Fsp3) is 0.167. The lowest BCUT2D eigenvalue weighted by atomic mass is 10.1. The molecule has 1 N–H and O–H groups in total. The molecule has 0 saturated carbocycles. The number of benzene rings is 1. The van der Waals surface area contributed by atoms with Crippen LogP contribution in [0.25, 0.3) is 17.4 Å². The van der Waals surface area contributed by atoms with E-state index in [1.807, 2.05) is 37.3 Å². The Morgan fingerprint density at radius 1 is 1.28 bits per heavy atom. The fourth-order valence-corrected chi connectivity index (χ4v) is 3.76. The molecular weight excluding hydrogens is 358 g/mol. The molecule has 0 unspecified atom stereocenters. The summed E-state index contributed by atoms with van der Waals surface area (Å²) in [6, 6.07) is 10.5. The van der Waals surface area contributed by atoms with Crippen molar-refractivity contribution in [1.82, 2.24) is 4.90 Å². The van der Waals surface area contributed by atoms with Gasteiger partial charge in [0.15, 0.2) is 0 Å². The van der Waals surface area contributed by atoms with Gasteiger partial charge in [-0.2, -0.15) is 0 Å². The van der Waals surface area contributed by atoms with Crippen LogP contribution in [0.5, 0.6) is 0 Å². The molecule has 25 heavy (non-hydrogen) atoms. The van der Waals surface area contributed by atoms with Crippen molar-refractivity contribution in [3.8, 4) is 11.3 Å². The number of hydrogen-bond donors (Lipinski definition) is 1. The van der Waals surface area contributed by atoms with Gasteiger partial charge in [0, 0.05) is 11.6 Å². The van der Waals surface area contributed by atoms with Gasteiger partial charge in [-0.25, -0.2) is 4.79 Å². The second-order valence-electron chi connectivity index (χ2n) is 5.63. The summed E-state index contributed by atoms with van der Waals surface area (Å²) in [6.45, 7) is 3.44. The molecule has 0 spiro atoms. The zero-order valence-corrected chi connectivity index (χ0v) is 15.2. The van der Waals surface area contributed by atoms with Crippen LogP contribution in [0.2, 0.25) is 0 Å². The van der Waals surface area contributed by atoms with Crippen molar-refractivity contribution >= 4 is 46.3 Å². The molecule has 3 rings (SSSR count). The first kappa shape index (κ1) is 17.4. The number of carboxylic acids is 1. The van der Waals surface area contributed by atoms with Crippen molar-refractivity contribution < 1.29 is 19.1 Å². The summed E-state index contributed by atoms with van der Waals surface area (Å²) in [6.07, 6.45) is 1.59. The van der Waals surface area contributed by atoms with Crippen LogP contribution < -0.4 is 0 Å². The van der Waals surface area contributed by atoms with E-state index in [0.29, 0.717) is 16.4 Å². The van der Waals surface area contributed by atoms with Crippen LogP contribution in [0.1, 0.15) is 18.2 Å². The zero-order chi connectivity index (χ0) is 18.1. The summed E-state index contributed by atoms with van der Waals surface area (Å²) in [5, 5.41) is 9.10. The number of carbonyl (C=O) groups is 2.